The molecule has 0 aliphatic carbocycles. The number of hydrogen-bond donors (Lipinski definition) is 1. The van der Waals surface area contributed by atoms with Crippen LogP contribution in [0, 0.1) is 13.8 Å². The Morgan fingerprint density at radius 3 is 2.95 bits per heavy atom. The highest BCUT2D eigenvalue weighted by Crippen LogP contribution is 2.13. The minimum atomic E-state index is 0.0292. The molecule has 0 aromatic heterocycles. The molecule has 1 aliphatic rings. The second-order valence-corrected chi connectivity index (χ2v) is 5.86. The largest absolute Gasteiger partial charge is 0.380 e. The van der Waals surface area contributed by atoms with Crippen molar-refractivity contribution in [1.29, 1.82) is 0 Å². The fourth-order valence-corrected chi connectivity index (χ4v) is 2.86. The summed E-state index contributed by atoms with van der Waals surface area (Å²) >= 11 is 0. The first-order valence-electron chi connectivity index (χ1n) is 7.72. The number of benzene rings is 1. The average molecular weight is 290 g/mol. The molecule has 0 saturated carbocycles. The van der Waals surface area contributed by atoms with Crippen molar-refractivity contribution in [3.8, 4) is 0 Å². The molecule has 1 aromatic carbocycles. The topological polar surface area (TPSA) is 41.6 Å². The van der Waals surface area contributed by atoms with Crippen LogP contribution in [0.3, 0.4) is 0 Å². The summed E-state index contributed by atoms with van der Waals surface area (Å²) in [5.74, 6) is 0. The van der Waals surface area contributed by atoms with Crippen molar-refractivity contribution in [2.24, 2.45) is 0 Å². The van der Waals surface area contributed by atoms with Crippen LogP contribution in [0.15, 0.2) is 18.2 Å². The summed E-state index contributed by atoms with van der Waals surface area (Å²) in [5.41, 5.74) is 3.87. The predicted octanol–water partition coefficient (Wildman–Crippen LogP) is 2.67. The number of carbonyl (C=O) groups excluding carboxylic acids is 1. The van der Waals surface area contributed by atoms with E-state index in [4.69, 9.17) is 4.74 Å². The van der Waals surface area contributed by atoms with Gasteiger partial charge in [-0.1, -0.05) is 23.8 Å². The monoisotopic (exact) mass is 290 g/mol. The van der Waals surface area contributed by atoms with E-state index in [1.165, 1.54) is 16.7 Å². The first-order valence-corrected chi connectivity index (χ1v) is 7.72. The molecule has 4 heteroatoms. The minimum absolute atomic E-state index is 0.0292. The van der Waals surface area contributed by atoms with Crippen molar-refractivity contribution in [1.82, 2.24) is 10.2 Å². The van der Waals surface area contributed by atoms with Gasteiger partial charge in [0, 0.05) is 26.7 Å². The quantitative estimate of drug-likeness (QED) is 0.926. The van der Waals surface area contributed by atoms with Gasteiger partial charge in [0.1, 0.15) is 0 Å². The zero-order valence-electron chi connectivity index (χ0n) is 13.3. The van der Waals surface area contributed by atoms with E-state index in [1.807, 2.05) is 4.90 Å². The van der Waals surface area contributed by atoms with E-state index in [0.29, 0.717) is 13.1 Å². The molecular weight excluding hydrogens is 264 g/mol. The number of aryl methyl sites for hydroxylation is 2. The molecule has 0 radical (unpaired) electrons. The molecule has 4 nitrogen and oxygen atoms in total. The predicted molar refractivity (Wildman–Crippen MR) is 84.6 cm³/mol. The first-order chi connectivity index (χ1) is 10.1. The number of rotatable bonds is 4. The smallest absolute Gasteiger partial charge is 0.317 e. The van der Waals surface area contributed by atoms with Crippen molar-refractivity contribution in [3.05, 3.63) is 34.9 Å². The van der Waals surface area contributed by atoms with Gasteiger partial charge in [0.25, 0.3) is 0 Å². The standard InChI is InChI=1S/C17H26N2O2/c1-13-6-7-15(14(2)11-13)8-9-18-17(20)19-10-4-5-16(12-19)21-3/h6-7,11,16H,4-5,8-10,12H2,1-3H3,(H,18,20)/t16-/m1/s1. The maximum atomic E-state index is 12.1. The van der Waals surface area contributed by atoms with Gasteiger partial charge in [-0.25, -0.2) is 4.79 Å². The van der Waals surface area contributed by atoms with Crippen LogP contribution in [0.4, 0.5) is 4.79 Å². The molecule has 1 aromatic rings. The Balaban J connectivity index is 1.78. The number of ether oxygens (including phenoxy) is 1. The fraction of sp³-hybridized carbons (Fsp3) is 0.588. The number of hydrogen-bond acceptors (Lipinski definition) is 2. The van der Waals surface area contributed by atoms with Gasteiger partial charge >= 0.3 is 6.03 Å². The Morgan fingerprint density at radius 1 is 1.43 bits per heavy atom. The third kappa shape index (κ3) is 4.46. The SMILES string of the molecule is CO[C@@H]1CCCN(C(=O)NCCc2ccc(C)cc2C)C1. The molecule has 0 spiro atoms. The van der Waals surface area contributed by atoms with Gasteiger partial charge < -0.3 is 15.0 Å². The number of nitrogens with zero attached hydrogens (tertiary/aromatic N) is 1. The molecule has 21 heavy (non-hydrogen) atoms. The highest BCUT2D eigenvalue weighted by Gasteiger charge is 2.22. The number of urea groups is 1. The van der Waals surface area contributed by atoms with Gasteiger partial charge in [-0.15, -0.1) is 0 Å². The first kappa shape index (κ1) is 15.8. The van der Waals surface area contributed by atoms with Crippen molar-refractivity contribution in [2.75, 3.05) is 26.7 Å². The summed E-state index contributed by atoms with van der Waals surface area (Å²) in [5, 5.41) is 3.02. The second-order valence-electron chi connectivity index (χ2n) is 5.86. The lowest BCUT2D eigenvalue weighted by Crippen LogP contribution is -2.47. The second kappa shape index (κ2) is 7.46. The molecule has 1 N–H and O–H groups in total. The van der Waals surface area contributed by atoms with E-state index >= 15 is 0 Å². The van der Waals surface area contributed by atoms with Gasteiger partial charge in [0.15, 0.2) is 0 Å². The van der Waals surface area contributed by atoms with Gasteiger partial charge in [0.2, 0.25) is 0 Å². The summed E-state index contributed by atoms with van der Waals surface area (Å²) in [7, 11) is 1.71. The van der Waals surface area contributed by atoms with E-state index in [1.54, 1.807) is 7.11 Å². The summed E-state index contributed by atoms with van der Waals surface area (Å²) in [6.07, 6.45) is 3.12. The summed E-state index contributed by atoms with van der Waals surface area (Å²) in [4.78, 5) is 14.0. The molecular formula is C17H26N2O2. The molecule has 1 heterocycles. The van der Waals surface area contributed by atoms with E-state index in [9.17, 15) is 4.79 Å². The number of piperidine rings is 1. The Morgan fingerprint density at radius 2 is 2.24 bits per heavy atom. The lowest BCUT2D eigenvalue weighted by molar-refractivity contribution is 0.0435. The molecule has 0 bridgehead atoms. The summed E-state index contributed by atoms with van der Waals surface area (Å²) < 4.78 is 5.35. The molecule has 0 unspecified atom stereocenters. The van der Waals surface area contributed by atoms with Gasteiger partial charge in [-0.05, 0) is 44.2 Å². The van der Waals surface area contributed by atoms with Crippen molar-refractivity contribution >= 4 is 6.03 Å². The van der Waals surface area contributed by atoms with Gasteiger partial charge in [-0.2, -0.15) is 0 Å². The molecule has 116 valence electrons. The van der Waals surface area contributed by atoms with E-state index < -0.39 is 0 Å². The third-order valence-electron chi connectivity index (χ3n) is 4.17. The molecule has 1 aliphatic heterocycles. The lowest BCUT2D eigenvalue weighted by Gasteiger charge is -2.31. The Labute approximate surface area is 127 Å². The van der Waals surface area contributed by atoms with Crippen LogP contribution in [0.2, 0.25) is 0 Å². The summed E-state index contributed by atoms with van der Waals surface area (Å²) in [6.45, 7) is 6.43. The normalized spacial score (nSPS) is 18.6. The highest BCUT2D eigenvalue weighted by atomic mass is 16.5. The van der Waals surface area contributed by atoms with Crippen LogP contribution in [0.5, 0.6) is 0 Å². The molecule has 1 atom stereocenters. The number of methoxy groups -OCH3 is 1. The number of amides is 2. The number of carbonyl (C=O) groups is 1. The van der Waals surface area contributed by atoms with E-state index in [0.717, 1.165) is 25.8 Å². The van der Waals surface area contributed by atoms with Crippen molar-refractivity contribution in [3.63, 3.8) is 0 Å². The number of nitrogens with one attached hydrogen (secondary N) is 1. The van der Waals surface area contributed by atoms with Crippen LogP contribution >= 0.6 is 0 Å². The van der Waals surface area contributed by atoms with E-state index in [-0.39, 0.29) is 12.1 Å². The number of likely N-dealkylation sites (tertiary alicyclic amines) is 1. The summed E-state index contributed by atoms with van der Waals surface area (Å²) in [6, 6.07) is 6.49. The van der Waals surface area contributed by atoms with Crippen LogP contribution in [-0.4, -0.2) is 43.8 Å². The zero-order chi connectivity index (χ0) is 15.2. The fourth-order valence-electron chi connectivity index (χ4n) is 2.86. The maximum Gasteiger partial charge on any atom is 0.317 e. The van der Waals surface area contributed by atoms with Crippen molar-refractivity contribution in [2.45, 2.75) is 39.2 Å². The van der Waals surface area contributed by atoms with Crippen molar-refractivity contribution < 1.29 is 9.53 Å². The minimum Gasteiger partial charge on any atom is -0.380 e. The molecule has 1 saturated heterocycles. The molecule has 2 amide bonds. The van der Waals surface area contributed by atoms with Gasteiger partial charge in [-0.3, -0.25) is 0 Å². The van der Waals surface area contributed by atoms with Gasteiger partial charge in [0.05, 0.1) is 6.10 Å². The Bertz CT molecular complexity index is 488. The molecule has 2 rings (SSSR count). The lowest BCUT2D eigenvalue weighted by atomic mass is 10.0. The Hall–Kier alpha value is -1.55. The molecule has 1 fully saturated rings. The highest BCUT2D eigenvalue weighted by molar-refractivity contribution is 5.74. The van der Waals surface area contributed by atoms with E-state index in [2.05, 4.69) is 37.4 Å². The van der Waals surface area contributed by atoms with Crippen LogP contribution in [-0.2, 0) is 11.2 Å². The zero-order valence-corrected chi connectivity index (χ0v) is 13.3. The Kier molecular flexibility index (Phi) is 5.62. The average Bonchev–Trinajstić information content (AvgIpc) is 2.49. The van der Waals surface area contributed by atoms with Crippen LogP contribution in [0.1, 0.15) is 29.5 Å². The third-order valence-corrected chi connectivity index (χ3v) is 4.17. The maximum absolute atomic E-state index is 12.1. The van der Waals surface area contributed by atoms with Crippen LogP contribution < -0.4 is 5.32 Å². The van der Waals surface area contributed by atoms with Crippen LogP contribution in [0.25, 0.3) is 0 Å².